The molecule has 0 amide bonds. The Kier molecular flexibility index (Phi) is 6.33. The Morgan fingerprint density at radius 2 is 1.88 bits per heavy atom. The van der Waals surface area contributed by atoms with Gasteiger partial charge in [-0.25, -0.2) is 14.8 Å². The molecule has 0 bridgehead atoms. The highest BCUT2D eigenvalue weighted by Crippen LogP contribution is 2.33. The minimum Gasteiger partial charge on any atom is -0.357 e. The van der Waals surface area contributed by atoms with Gasteiger partial charge in [0.05, 0.1) is 17.0 Å². The largest absolute Gasteiger partial charge is 0.493 e. The summed E-state index contributed by atoms with van der Waals surface area (Å²) in [6.07, 6.45) is -0.679. The second-order valence-electron chi connectivity index (χ2n) is 7.26. The molecule has 0 spiro atoms. The zero-order chi connectivity index (χ0) is 24.3. The lowest BCUT2D eigenvalue weighted by Crippen LogP contribution is -2.45. The average molecular weight is 472 g/mol. The Bertz CT molecular complexity index is 1230. The fourth-order valence-corrected chi connectivity index (χ4v) is 3.51. The third-order valence-corrected chi connectivity index (χ3v) is 5.10. The molecule has 176 valence electrons. The highest BCUT2D eigenvalue weighted by Gasteiger charge is 2.43. The van der Waals surface area contributed by atoms with Crippen LogP contribution in [0.15, 0.2) is 36.8 Å². The number of hydrogen-bond acceptors (Lipinski definition) is 9. The number of carbonyl (C=O) groups excluding carboxylic acids is 1. The van der Waals surface area contributed by atoms with Crippen molar-refractivity contribution in [1.82, 2.24) is 25.0 Å². The molecule has 1 saturated heterocycles. The van der Waals surface area contributed by atoms with Crippen molar-refractivity contribution in [2.45, 2.75) is 6.18 Å². The SMILES string of the molecule is CNc1ncc(-c2cc(-c3cc(C#N)c(N4CCNCC4)n3OC(=O)C(F)(F)F)ccn2)cn1. The number of piperazine rings is 1. The van der Waals surface area contributed by atoms with Crippen LogP contribution in [0.5, 0.6) is 0 Å². The number of anilines is 2. The van der Waals surface area contributed by atoms with Gasteiger partial charge in [0, 0.05) is 62.9 Å². The summed E-state index contributed by atoms with van der Waals surface area (Å²) in [5, 5.41) is 15.6. The van der Waals surface area contributed by atoms with Crippen molar-refractivity contribution in [3.8, 4) is 28.6 Å². The van der Waals surface area contributed by atoms with Gasteiger partial charge >= 0.3 is 12.1 Å². The number of rotatable bonds is 5. The van der Waals surface area contributed by atoms with E-state index < -0.39 is 12.1 Å². The van der Waals surface area contributed by atoms with Gasteiger partial charge in [-0.1, -0.05) is 0 Å². The number of alkyl halides is 3. The van der Waals surface area contributed by atoms with E-state index in [1.54, 1.807) is 36.5 Å². The van der Waals surface area contributed by atoms with Crippen LogP contribution < -0.4 is 20.4 Å². The molecule has 0 unspecified atom stereocenters. The summed E-state index contributed by atoms with van der Waals surface area (Å²) in [5.41, 5.74) is 1.56. The minimum atomic E-state index is -5.22. The fraction of sp³-hybridized carbons (Fsp3) is 0.286. The molecule has 0 atom stereocenters. The summed E-state index contributed by atoms with van der Waals surface area (Å²) in [7, 11) is 1.67. The van der Waals surface area contributed by atoms with E-state index in [1.807, 2.05) is 6.07 Å². The summed E-state index contributed by atoms with van der Waals surface area (Å²) in [4.78, 5) is 30.8. The van der Waals surface area contributed by atoms with Gasteiger partial charge in [0.15, 0.2) is 5.82 Å². The van der Waals surface area contributed by atoms with E-state index >= 15 is 0 Å². The standard InChI is InChI=1S/C21H19F3N8O2/c1-26-20-29-11-15(12-30-20)16-8-13(2-3-28-16)17-9-14(10-25)18(31-6-4-27-5-7-31)32(17)34-19(33)21(22,23)24/h2-3,8-9,11-12,27H,4-7H2,1H3,(H,26,29,30). The third-order valence-electron chi connectivity index (χ3n) is 5.10. The van der Waals surface area contributed by atoms with Gasteiger partial charge in [-0.3, -0.25) is 4.98 Å². The second kappa shape index (κ2) is 9.36. The molecule has 4 rings (SSSR count). The van der Waals surface area contributed by atoms with E-state index in [4.69, 9.17) is 4.84 Å². The lowest BCUT2D eigenvalue weighted by Gasteiger charge is -2.30. The quantitative estimate of drug-likeness (QED) is 0.573. The molecule has 0 radical (unpaired) electrons. The number of pyridine rings is 1. The van der Waals surface area contributed by atoms with Gasteiger partial charge in [-0.2, -0.15) is 23.2 Å². The Hall–Kier alpha value is -4.18. The van der Waals surface area contributed by atoms with Crippen LogP contribution in [0.2, 0.25) is 0 Å². The van der Waals surface area contributed by atoms with E-state index in [0.29, 0.717) is 48.9 Å². The maximum absolute atomic E-state index is 13.1. The molecular weight excluding hydrogens is 453 g/mol. The lowest BCUT2D eigenvalue weighted by molar-refractivity contribution is -0.199. The van der Waals surface area contributed by atoms with Gasteiger partial charge in [-0.15, -0.1) is 0 Å². The molecule has 4 heterocycles. The summed E-state index contributed by atoms with van der Waals surface area (Å²) in [5.74, 6) is -1.90. The molecule has 1 fully saturated rings. The van der Waals surface area contributed by atoms with Crippen molar-refractivity contribution in [3.05, 3.63) is 42.4 Å². The topological polar surface area (TPSA) is 121 Å². The number of halogens is 3. The van der Waals surface area contributed by atoms with E-state index in [2.05, 4.69) is 25.6 Å². The molecule has 34 heavy (non-hydrogen) atoms. The number of aromatic nitrogens is 4. The Morgan fingerprint density at radius 1 is 1.18 bits per heavy atom. The van der Waals surface area contributed by atoms with Crippen LogP contribution in [-0.2, 0) is 4.79 Å². The van der Waals surface area contributed by atoms with Crippen molar-refractivity contribution in [2.75, 3.05) is 43.4 Å². The van der Waals surface area contributed by atoms with Crippen molar-refractivity contribution >= 4 is 17.7 Å². The van der Waals surface area contributed by atoms with E-state index in [-0.39, 0.29) is 17.1 Å². The predicted octanol–water partition coefficient (Wildman–Crippen LogP) is 1.85. The molecule has 0 aromatic carbocycles. The molecule has 13 heteroatoms. The molecule has 10 nitrogen and oxygen atoms in total. The van der Waals surface area contributed by atoms with Crippen molar-refractivity contribution in [3.63, 3.8) is 0 Å². The Morgan fingerprint density at radius 3 is 2.50 bits per heavy atom. The van der Waals surface area contributed by atoms with Crippen LogP contribution in [0.25, 0.3) is 22.5 Å². The molecule has 0 aliphatic carbocycles. The Labute approximate surface area is 192 Å². The lowest BCUT2D eigenvalue weighted by atomic mass is 10.1. The van der Waals surface area contributed by atoms with E-state index in [0.717, 1.165) is 4.73 Å². The van der Waals surface area contributed by atoms with Crippen LogP contribution in [0.3, 0.4) is 0 Å². The molecule has 0 saturated carbocycles. The normalized spacial score (nSPS) is 13.9. The van der Waals surface area contributed by atoms with Gasteiger partial charge in [-0.05, 0) is 18.2 Å². The van der Waals surface area contributed by atoms with Crippen LogP contribution >= 0.6 is 0 Å². The van der Waals surface area contributed by atoms with Crippen LogP contribution in [0, 0.1) is 11.3 Å². The fourth-order valence-electron chi connectivity index (χ4n) is 3.51. The number of nitrogens with one attached hydrogen (secondary N) is 2. The Balaban J connectivity index is 1.83. The number of carbonyl (C=O) groups is 1. The molecule has 3 aromatic rings. The summed E-state index contributed by atoms with van der Waals surface area (Å²) >= 11 is 0. The van der Waals surface area contributed by atoms with E-state index in [1.165, 1.54) is 12.3 Å². The molecule has 1 aliphatic rings. The zero-order valence-electron chi connectivity index (χ0n) is 17.9. The third kappa shape index (κ3) is 4.62. The number of hydrogen-bond donors (Lipinski definition) is 2. The molecule has 3 aromatic heterocycles. The minimum absolute atomic E-state index is 0.0759. The van der Waals surface area contributed by atoms with Crippen molar-refractivity contribution in [2.24, 2.45) is 0 Å². The van der Waals surface area contributed by atoms with Crippen LogP contribution in [0.4, 0.5) is 24.9 Å². The van der Waals surface area contributed by atoms with E-state index in [9.17, 15) is 23.2 Å². The van der Waals surface area contributed by atoms with Crippen molar-refractivity contribution in [1.29, 1.82) is 5.26 Å². The first-order valence-corrected chi connectivity index (χ1v) is 10.2. The number of nitrogens with zero attached hydrogens (tertiary/aromatic N) is 6. The first-order chi connectivity index (χ1) is 16.3. The average Bonchev–Trinajstić information content (AvgIpc) is 3.22. The van der Waals surface area contributed by atoms with Crippen molar-refractivity contribution < 1.29 is 22.8 Å². The second-order valence-corrected chi connectivity index (χ2v) is 7.26. The molecule has 2 N–H and O–H groups in total. The predicted molar refractivity (Wildman–Crippen MR) is 116 cm³/mol. The van der Waals surface area contributed by atoms with Gasteiger partial charge in [0.1, 0.15) is 6.07 Å². The number of nitriles is 1. The highest BCUT2D eigenvalue weighted by atomic mass is 19.4. The van der Waals surface area contributed by atoms with Gasteiger partial charge in [0.2, 0.25) is 5.95 Å². The summed E-state index contributed by atoms with van der Waals surface area (Å²) in [6.45, 7) is 1.94. The first-order valence-electron chi connectivity index (χ1n) is 10.2. The highest BCUT2D eigenvalue weighted by molar-refractivity contribution is 5.79. The zero-order valence-corrected chi connectivity index (χ0v) is 17.9. The van der Waals surface area contributed by atoms with Crippen LogP contribution in [-0.4, -0.2) is 65.1 Å². The molecule has 1 aliphatic heterocycles. The van der Waals surface area contributed by atoms with Gasteiger partial charge in [0.25, 0.3) is 0 Å². The van der Waals surface area contributed by atoms with Crippen LogP contribution in [0.1, 0.15) is 5.56 Å². The molecular formula is C21H19F3N8O2. The maximum Gasteiger partial charge on any atom is 0.493 e. The van der Waals surface area contributed by atoms with Gasteiger partial charge < -0.3 is 20.4 Å². The smallest absolute Gasteiger partial charge is 0.357 e. The summed E-state index contributed by atoms with van der Waals surface area (Å²) in [6, 6.07) is 6.52. The first kappa shape index (κ1) is 23.0. The maximum atomic E-state index is 13.1. The monoisotopic (exact) mass is 472 g/mol. The summed E-state index contributed by atoms with van der Waals surface area (Å²) < 4.78 is 40.0.